The summed E-state index contributed by atoms with van der Waals surface area (Å²) in [6.07, 6.45) is 0. The summed E-state index contributed by atoms with van der Waals surface area (Å²) in [7, 11) is 0. The number of anilines is 2. The molecule has 0 unspecified atom stereocenters. The molecule has 25 heavy (non-hydrogen) atoms. The lowest BCUT2D eigenvalue weighted by atomic mass is 10.2. The highest BCUT2D eigenvalue weighted by Crippen LogP contribution is 2.32. The van der Waals surface area contributed by atoms with Crippen molar-refractivity contribution in [1.82, 2.24) is 0 Å². The maximum absolute atomic E-state index is 11.0. The topological polar surface area (TPSA) is 54.3 Å². The minimum Gasteiger partial charge on any atom is -0.459 e. The quantitative estimate of drug-likeness (QED) is 0.484. The molecule has 1 heterocycles. The molecule has 0 radical (unpaired) electrons. The zero-order valence-electron chi connectivity index (χ0n) is 13.5. The molecule has 1 aromatic heterocycles. The highest BCUT2D eigenvalue weighted by atomic mass is 79.9. The molecule has 2 aromatic carbocycles. The van der Waals surface area contributed by atoms with E-state index in [9.17, 15) is 4.79 Å². The van der Waals surface area contributed by atoms with Gasteiger partial charge in [0.05, 0.1) is 6.54 Å². The highest BCUT2D eigenvalue weighted by Gasteiger charge is 2.09. The molecular weight excluding hydrogens is 448 g/mol. The van der Waals surface area contributed by atoms with Gasteiger partial charge in [-0.3, -0.25) is 4.79 Å². The van der Waals surface area contributed by atoms with Crippen LogP contribution in [0.25, 0.3) is 11.3 Å². The average molecular weight is 464 g/mol. The standard InChI is InChI=1S/C19H16Br2N2O2/c1-12(24)23-15-5-3-14(4-6-15)22-11-16-7-9-19(25-16)17-8-2-13(20)10-18(17)21/h2-10,22H,11H2,1H3,(H,23,24). The summed E-state index contributed by atoms with van der Waals surface area (Å²) >= 11 is 7.01. The van der Waals surface area contributed by atoms with Crippen molar-refractivity contribution in [3.8, 4) is 11.3 Å². The molecular formula is C19H16Br2N2O2. The summed E-state index contributed by atoms with van der Waals surface area (Å²) in [4.78, 5) is 11.0. The molecule has 128 valence electrons. The van der Waals surface area contributed by atoms with Crippen LogP contribution >= 0.6 is 31.9 Å². The Morgan fingerprint density at radius 1 is 1.00 bits per heavy atom. The van der Waals surface area contributed by atoms with Crippen molar-refractivity contribution in [3.05, 3.63) is 69.3 Å². The largest absolute Gasteiger partial charge is 0.459 e. The molecule has 4 nitrogen and oxygen atoms in total. The molecule has 0 aliphatic carbocycles. The molecule has 0 saturated heterocycles. The number of carbonyl (C=O) groups excluding carboxylic acids is 1. The van der Waals surface area contributed by atoms with E-state index in [4.69, 9.17) is 4.42 Å². The van der Waals surface area contributed by atoms with Gasteiger partial charge in [-0.15, -0.1) is 0 Å². The summed E-state index contributed by atoms with van der Waals surface area (Å²) in [6, 6.07) is 17.5. The van der Waals surface area contributed by atoms with Crippen molar-refractivity contribution >= 4 is 49.1 Å². The molecule has 6 heteroatoms. The third kappa shape index (κ3) is 4.74. The van der Waals surface area contributed by atoms with Crippen molar-refractivity contribution in [2.45, 2.75) is 13.5 Å². The van der Waals surface area contributed by atoms with E-state index in [1.165, 1.54) is 6.92 Å². The Morgan fingerprint density at radius 2 is 1.72 bits per heavy atom. The van der Waals surface area contributed by atoms with E-state index in [-0.39, 0.29) is 5.91 Å². The lowest BCUT2D eigenvalue weighted by Gasteiger charge is -2.07. The van der Waals surface area contributed by atoms with Gasteiger partial charge in [0.15, 0.2) is 0 Å². The number of hydrogen-bond acceptors (Lipinski definition) is 3. The maximum atomic E-state index is 11.0. The molecule has 2 N–H and O–H groups in total. The first kappa shape index (κ1) is 17.8. The van der Waals surface area contributed by atoms with Crippen molar-refractivity contribution in [2.24, 2.45) is 0 Å². The van der Waals surface area contributed by atoms with Gasteiger partial charge in [0.25, 0.3) is 0 Å². The lowest BCUT2D eigenvalue weighted by molar-refractivity contribution is -0.114. The Kier molecular flexibility index (Phi) is 5.60. The normalized spacial score (nSPS) is 10.5. The van der Waals surface area contributed by atoms with Crippen LogP contribution in [0.5, 0.6) is 0 Å². The Hall–Kier alpha value is -2.05. The van der Waals surface area contributed by atoms with Gasteiger partial charge < -0.3 is 15.1 Å². The van der Waals surface area contributed by atoms with Crippen LogP contribution in [0.3, 0.4) is 0 Å². The van der Waals surface area contributed by atoms with Crippen LogP contribution in [0.15, 0.2) is 68.0 Å². The van der Waals surface area contributed by atoms with Crippen LogP contribution in [-0.2, 0) is 11.3 Å². The lowest BCUT2D eigenvalue weighted by Crippen LogP contribution is -2.05. The van der Waals surface area contributed by atoms with Gasteiger partial charge in [-0.25, -0.2) is 0 Å². The maximum Gasteiger partial charge on any atom is 0.221 e. The molecule has 0 fully saturated rings. The fourth-order valence-corrected chi connectivity index (χ4v) is 3.61. The highest BCUT2D eigenvalue weighted by molar-refractivity contribution is 9.11. The summed E-state index contributed by atoms with van der Waals surface area (Å²) in [5.74, 6) is 1.58. The smallest absolute Gasteiger partial charge is 0.221 e. The number of halogens is 2. The Balaban J connectivity index is 1.64. The minimum absolute atomic E-state index is 0.0806. The second-order valence-corrected chi connectivity index (χ2v) is 7.27. The molecule has 0 aliphatic rings. The third-order valence-corrected chi connectivity index (χ3v) is 4.68. The summed E-state index contributed by atoms with van der Waals surface area (Å²) in [6.45, 7) is 2.07. The Morgan fingerprint density at radius 3 is 2.40 bits per heavy atom. The predicted molar refractivity (Wildman–Crippen MR) is 108 cm³/mol. The Bertz CT molecular complexity index is 889. The van der Waals surface area contributed by atoms with Crippen LogP contribution in [0, 0.1) is 0 Å². The van der Waals surface area contributed by atoms with Crippen LogP contribution in [0.1, 0.15) is 12.7 Å². The molecule has 0 spiro atoms. The van der Waals surface area contributed by atoms with Crippen molar-refractivity contribution < 1.29 is 9.21 Å². The van der Waals surface area contributed by atoms with Crippen LogP contribution < -0.4 is 10.6 Å². The fraction of sp³-hybridized carbons (Fsp3) is 0.105. The molecule has 1 amide bonds. The van der Waals surface area contributed by atoms with Gasteiger partial charge in [-0.2, -0.15) is 0 Å². The first-order chi connectivity index (χ1) is 12.0. The molecule has 0 bridgehead atoms. The SMILES string of the molecule is CC(=O)Nc1ccc(NCc2ccc(-c3ccc(Br)cc3Br)o2)cc1. The monoisotopic (exact) mass is 462 g/mol. The van der Waals surface area contributed by atoms with Crippen LogP contribution in [0.2, 0.25) is 0 Å². The van der Waals surface area contributed by atoms with Gasteiger partial charge in [0, 0.05) is 32.8 Å². The van der Waals surface area contributed by atoms with Crippen molar-refractivity contribution in [3.63, 3.8) is 0 Å². The number of carbonyl (C=O) groups is 1. The first-order valence-electron chi connectivity index (χ1n) is 7.67. The zero-order chi connectivity index (χ0) is 17.8. The first-order valence-corrected chi connectivity index (χ1v) is 9.25. The number of furan rings is 1. The summed E-state index contributed by atoms with van der Waals surface area (Å²) in [5, 5.41) is 6.05. The van der Waals surface area contributed by atoms with E-state index < -0.39 is 0 Å². The second kappa shape index (κ2) is 7.89. The van der Waals surface area contributed by atoms with E-state index in [0.717, 1.165) is 37.4 Å². The predicted octanol–water partition coefficient (Wildman–Crippen LogP) is 6.04. The van der Waals surface area contributed by atoms with E-state index in [0.29, 0.717) is 6.54 Å². The average Bonchev–Trinajstić information content (AvgIpc) is 3.02. The van der Waals surface area contributed by atoms with E-state index >= 15 is 0 Å². The van der Waals surface area contributed by atoms with E-state index in [1.54, 1.807) is 0 Å². The summed E-state index contributed by atoms with van der Waals surface area (Å²) < 4.78 is 7.91. The van der Waals surface area contributed by atoms with Crippen LogP contribution in [0.4, 0.5) is 11.4 Å². The number of hydrogen-bond donors (Lipinski definition) is 2. The third-order valence-electron chi connectivity index (χ3n) is 3.53. The van der Waals surface area contributed by atoms with Gasteiger partial charge in [-0.05, 0) is 70.5 Å². The van der Waals surface area contributed by atoms with Gasteiger partial charge in [-0.1, -0.05) is 15.9 Å². The molecule has 0 atom stereocenters. The molecule has 0 aliphatic heterocycles. The van der Waals surface area contributed by atoms with Gasteiger partial charge in [0.2, 0.25) is 5.91 Å². The number of amides is 1. The van der Waals surface area contributed by atoms with Crippen molar-refractivity contribution in [2.75, 3.05) is 10.6 Å². The second-order valence-electron chi connectivity index (χ2n) is 5.50. The number of nitrogens with one attached hydrogen (secondary N) is 2. The molecule has 3 rings (SSSR count). The Labute approximate surface area is 162 Å². The minimum atomic E-state index is -0.0806. The number of rotatable bonds is 5. The van der Waals surface area contributed by atoms with Gasteiger partial charge in [0.1, 0.15) is 11.5 Å². The van der Waals surface area contributed by atoms with Crippen molar-refractivity contribution in [1.29, 1.82) is 0 Å². The van der Waals surface area contributed by atoms with E-state index in [1.807, 2.05) is 54.6 Å². The molecule has 3 aromatic rings. The van der Waals surface area contributed by atoms with Crippen LogP contribution in [-0.4, -0.2) is 5.91 Å². The number of benzene rings is 2. The van der Waals surface area contributed by atoms with Gasteiger partial charge >= 0.3 is 0 Å². The zero-order valence-corrected chi connectivity index (χ0v) is 16.6. The fourth-order valence-electron chi connectivity index (χ4n) is 2.37. The molecule has 0 saturated carbocycles. The summed E-state index contributed by atoms with van der Waals surface area (Å²) in [5.41, 5.74) is 2.74. The van der Waals surface area contributed by atoms with E-state index in [2.05, 4.69) is 42.5 Å².